The van der Waals surface area contributed by atoms with E-state index < -0.39 is 0 Å². The topological polar surface area (TPSA) is 50.4 Å². The second kappa shape index (κ2) is 7.66. The normalized spacial score (nSPS) is 22.2. The number of rotatable bonds is 2. The first-order valence-corrected chi connectivity index (χ1v) is 7.57. The van der Waals surface area contributed by atoms with Crippen LogP contribution in [0.3, 0.4) is 0 Å². The average molecular weight is 311 g/mol. The Hall–Kier alpha value is -1.26. The van der Waals surface area contributed by atoms with Crippen LogP contribution >= 0.6 is 12.4 Å². The Balaban J connectivity index is 0.00000161. The van der Waals surface area contributed by atoms with Gasteiger partial charge in [-0.3, -0.25) is 4.79 Å². The Labute approximate surface area is 132 Å². The summed E-state index contributed by atoms with van der Waals surface area (Å²) >= 11 is 0. The highest BCUT2D eigenvalue weighted by Gasteiger charge is 2.26. The van der Waals surface area contributed by atoms with Gasteiger partial charge in [-0.1, -0.05) is 18.2 Å². The number of halogens is 1. The third-order valence-electron chi connectivity index (χ3n) is 4.22. The van der Waals surface area contributed by atoms with Crippen LogP contribution < -0.4 is 15.4 Å². The largest absolute Gasteiger partial charge is 0.493 e. The van der Waals surface area contributed by atoms with Gasteiger partial charge < -0.3 is 15.4 Å². The summed E-state index contributed by atoms with van der Waals surface area (Å²) < 4.78 is 5.74. The van der Waals surface area contributed by atoms with Gasteiger partial charge in [-0.15, -0.1) is 12.4 Å². The Morgan fingerprint density at radius 2 is 1.95 bits per heavy atom. The van der Waals surface area contributed by atoms with Gasteiger partial charge in [0.25, 0.3) is 0 Å². The van der Waals surface area contributed by atoms with Crippen molar-refractivity contribution >= 4 is 18.3 Å². The predicted molar refractivity (Wildman–Crippen MR) is 84.9 cm³/mol. The molecule has 2 aliphatic rings. The van der Waals surface area contributed by atoms with Crippen LogP contribution in [-0.4, -0.2) is 25.6 Å². The van der Waals surface area contributed by atoms with Crippen molar-refractivity contribution in [3.8, 4) is 5.75 Å². The van der Waals surface area contributed by atoms with Crippen molar-refractivity contribution in [3.05, 3.63) is 29.8 Å². The molecule has 0 radical (unpaired) electrons. The molecule has 2 heterocycles. The van der Waals surface area contributed by atoms with Gasteiger partial charge in [-0.05, 0) is 44.8 Å². The van der Waals surface area contributed by atoms with Crippen LogP contribution in [0, 0.1) is 5.92 Å². The van der Waals surface area contributed by atoms with Crippen LogP contribution in [0.15, 0.2) is 24.3 Å². The van der Waals surface area contributed by atoms with E-state index in [9.17, 15) is 4.79 Å². The molecule has 1 fully saturated rings. The first-order valence-electron chi connectivity index (χ1n) is 7.57. The lowest BCUT2D eigenvalue weighted by molar-refractivity contribution is -0.126. The molecule has 1 aromatic carbocycles. The number of carbonyl (C=O) groups is 1. The van der Waals surface area contributed by atoms with Crippen LogP contribution in [0.2, 0.25) is 0 Å². The molecule has 3 rings (SSSR count). The van der Waals surface area contributed by atoms with Gasteiger partial charge >= 0.3 is 0 Å². The molecule has 5 heteroatoms. The summed E-state index contributed by atoms with van der Waals surface area (Å²) in [4.78, 5) is 12.4. The van der Waals surface area contributed by atoms with Crippen molar-refractivity contribution in [2.75, 3.05) is 19.7 Å². The first kappa shape index (κ1) is 16.1. The molecule has 0 saturated carbocycles. The van der Waals surface area contributed by atoms with Crippen molar-refractivity contribution in [2.24, 2.45) is 5.92 Å². The maximum atomic E-state index is 12.4. The van der Waals surface area contributed by atoms with Crippen LogP contribution in [-0.2, 0) is 4.79 Å². The number of piperidine rings is 1. The minimum absolute atomic E-state index is 0. The number of nitrogens with one attached hydrogen (secondary N) is 2. The van der Waals surface area contributed by atoms with Gasteiger partial charge in [0.2, 0.25) is 5.91 Å². The number of para-hydroxylation sites is 1. The predicted octanol–water partition coefficient (Wildman–Crippen LogP) is 2.44. The van der Waals surface area contributed by atoms with Crippen LogP contribution in [0.25, 0.3) is 0 Å². The van der Waals surface area contributed by atoms with E-state index in [0.29, 0.717) is 0 Å². The van der Waals surface area contributed by atoms with Crippen LogP contribution in [0.5, 0.6) is 5.75 Å². The van der Waals surface area contributed by atoms with Crippen molar-refractivity contribution < 1.29 is 9.53 Å². The fourth-order valence-corrected chi connectivity index (χ4v) is 3.05. The molecule has 2 aliphatic heterocycles. The van der Waals surface area contributed by atoms with E-state index in [1.165, 1.54) is 0 Å². The third-order valence-corrected chi connectivity index (χ3v) is 4.22. The van der Waals surface area contributed by atoms with E-state index in [1.807, 2.05) is 18.2 Å². The Morgan fingerprint density at radius 1 is 1.19 bits per heavy atom. The number of benzene rings is 1. The number of hydrogen-bond acceptors (Lipinski definition) is 3. The molecule has 1 saturated heterocycles. The Kier molecular flexibility index (Phi) is 5.88. The smallest absolute Gasteiger partial charge is 0.223 e. The van der Waals surface area contributed by atoms with Crippen LogP contribution in [0.1, 0.15) is 37.3 Å². The van der Waals surface area contributed by atoms with Crippen molar-refractivity contribution in [3.63, 3.8) is 0 Å². The third kappa shape index (κ3) is 3.89. The second-order valence-electron chi connectivity index (χ2n) is 5.61. The summed E-state index contributed by atoms with van der Waals surface area (Å²) in [7, 11) is 0. The van der Waals surface area contributed by atoms with E-state index in [1.54, 1.807) is 0 Å². The Bertz CT molecular complexity index is 475. The number of carbonyl (C=O) groups excluding carboxylic acids is 1. The zero-order valence-corrected chi connectivity index (χ0v) is 13.0. The van der Waals surface area contributed by atoms with Gasteiger partial charge in [0.15, 0.2) is 0 Å². The zero-order chi connectivity index (χ0) is 13.8. The first-order chi connectivity index (χ1) is 9.84. The maximum absolute atomic E-state index is 12.4. The molecule has 4 nitrogen and oxygen atoms in total. The molecule has 1 atom stereocenters. The molecule has 0 aromatic heterocycles. The molecule has 21 heavy (non-hydrogen) atoms. The monoisotopic (exact) mass is 310 g/mol. The highest BCUT2D eigenvalue weighted by Crippen LogP contribution is 2.31. The molecular formula is C16H23ClN2O2. The minimum atomic E-state index is 0. The summed E-state index contributed by atoms with van der Waals surface area (Å²) in [6, 6.07) is 8.14. The van der Waals surface area contributed by atoms with Gasteiger partial charge in [-0.2, -0.15) is 0 Å². The molecule has 0 spiro atoms. The zero-order valence-electron chi connectivity index (χ0n) is 12.1. The molecule has 1 amide bonds. The van der Waals surface area contributed by atoms with Crippen molar-refractivity contribution in [2.45, 2.75) is 31.7 Å². The van der Waals surface area contributed by atoms with Gasteiger partial charge in [0.1, 0.15) is 5.75 Å². The summed E-state index contributed by atoms with van der Waals surface area (Å²) in [5.41, 5.74) is 1.12. The summed E-state index contributed by atoms with van der Waals surface area (Å²) in [5.74, 6) is 1.28. The molecule has 0 aliphatic carbocycles. The van der Waals surface area contributed by atoms with Crippen LogP contribution in [0.4, 0.5) is 0 Å². The molecule has 1 unspecified atom stereocenters. The second-order valence-corrected chi connectivity index (χ2v) is 5.61. The van der Waals surface area contributed by atoms with E-state index >= 15 is 0 Å². The van der Waals surface area contributed by atoms with Gasteiger partial charge in [0, 0.05) is 11.5 Å². The van der Waals surface area contributed by atoms with Gasteiger partial charge in [-0.25, -0.2) is 0 Å². The lowest BCUT2D eigenvalue weighted by atomic mass is 9.95. The fourth-order valence-electron chi connectivity index (χ4n) is 3.05. The molecule has 1 aromatic rings. The highest BCUT2D eigenvalue weighted by molar-refractivity contribution is 5.85. The summed E-state index contributed by atoms with van der Waals surface area (Å²) in [6.45, 7) is 2.63. The van der Waals surface area contributed by atoms with E-state index in [2.05, 4.69) is 16.7 Å². The van der Waals surface area contributed by atoms with Crippen molar-refractivity contribution in [1.29, 1.82) is 0 Å². The number of fused-ring (bicyclic) bond motifs is 1. The molecular weight excluding hydrogens is 288 g/mol. The lowest BCUT2D eigenvalue weighted by Gasteiger charge is -2.25. The SMILES string of the molecule is Cl.O=C(NC1CCCOc2ccccc21)C1CCNCC1. The average Bonchev–Trinajstić information content (AvgIpc) is 2.71. The lowest BCUT2D eigenvalue weighted by Crippen LogP contribution is -2.39. The number of hydrogen-bond donors (Lipinski definition) is 2. The summed E-state index contributed by atoms with van der Waals surface area (Å²) in [6.07, 6.45) is 3.81. The van der Waals surface area contributed by atoms with E-state index in [-0.39, 0.29) is 30.3 Å². The number of amides is 1. The highest BCUT2D eigenvalue weighted by atomic mass is 35.5. The Morgan fingerprint density at radius 3 is 2.76 bits per heavy atom. The quantitative estimate of drug-likeness (QED) is 0.882. The number of ether oxygens (including phenoxy) is 1. The van der Waals surface area contributed by atoms with Gasteiger partial charge in [0.05, 0.1) is 12.6 Å². The molecule has 116 valence electrons. The molecule has 0 bridgehead atoms. The van der Waals surface area contributed by atoms with Crippen molar-refractivity contribution in [1.82, 2.24) is 10.6 Å². The summed E-state index contributed by atoms with van der Waals surface area (Å²) in [5, 5.41) is 6.54. The standard InChI is InChI=1S/C16H22N2O2.ClH/c19-16(12-7-9-17-10-8-12)18-14-5-3-11-20-15-6-2-1-4-13(14)15;/h1-2,4,6,12,14,17H,3,5,7-11H2,(H,18,19);1H. The van der Waals surface area contributed by atoms with E-state index in [4.69, 9.17) is 4.74 Å². The van der Waals surface area contributed by atoms with E-state index in [0.717, 1.165) is 56.7 Å². The minimum Gasteiger partial charge on any atom is -0.493 e. The molecule has 2 N–H and O–H groups in total. The fraction of sp³-hybridized carbons (Fsp3) is 0.562. The maximum Gasteiger partial charge on any atom is 0.223 e.